The molecule has 0 N–H and O–H groups in total. The number of rotatable bonds is 3. The molecule has 18 heavy (non-hydrogen) atoms. The standard InChI is InChI=1S/C13H12F2N2O/c1-8(18)5-10-7-17(16-9(10)2)13-4-3-11(14)6-12(13)15/h3-4,6-7H,5H2,1-2H3. The summed E-state index contributed by atoms with van der Waals surface area (Å²) >= 11 is 0. The molecule has 1 aromatic carbocycles. The highest BCUT2D eigenvalue weighted by atomic mass is 19.1. The van der Waals surface area contributed by atoms with Gasteiger partial charge in [-0.2, -0.15) is 5.10 Å². The van der Waals surface area contributed by atoms with Crippen LogP contribution in [0.5, 0.6) is 0 Å². The van der Waals surface area contributed by atoms with Crippen LogP contribution in [0.3, 0.4) is 0 Å². The van der Waals surface area contributed by atoms with Crippen LogP contribution >= 0.6 is 0 Å². The summed E-state index contributed by atoms with van der Waals surface area (Å²) in [4.78, 5) is 11.1. The van der Waals surface area contributed by atoms with E-state index in [0.717, 1.165) is 11.6 Å². The van der Waals surface area contributed by atoms with Crippen LogP contribution in [0, 0.1) is 18.6 Å². The summed E-state index contributed by atoms with van der Waals surface area (Å²) in [6.07, 6.45) is 1.85. The van der Waals surface area contributed by atoms with Gasteiger partial charge in [0.15, 0.2) is 5.82 Å². The fourth-order valence-electron chi connectivity index (χ4n) is 1.73. The molecule has 0 fully saturated rings. The zero-order valence-corrected chi connectivity index (χ0v) is 10.1. The zero-order valence-electron chi connectivity index (χ0n) is 10.1. The fraction of sp³-hybridized carbons (Fsp3) is 0.231. The highest BCUT2D eigenvalue weighted by molar-refractivity contribution is 5.78. The predicted octanol–water partition coefficient (Wildman–Crippen LogP) is 2.59. The highest BCUT2D eigenvalue weighted by Crippen LogP contribution is 2.16. The third kappa shape index (κ3) is 2.45. The molecule has 0 saturated carbocycles. The van der Waals surface area contributed by atoms with E-state index >= 15 is 0 Å². The van der Waals surface area contributed by atoms with Crippen LogP contribution in [0.15, 0.2) is 24.4 Å². The van der Waals surface area contributed by atoms with Gasteiger partial charge < -0.3 is 0 Å². The normalized spacial score (nSPS) is 10.7. The molecule has 0 aliphatic rings. The molecule has 0 unspecified atom stereocenters. The van der Waals surface area contributed by atoms with Gasteiger partial charge in [0.05, 0.1) is 5.69 Å². The number of Topliss-reactive ketones (excluding diaryl/α,β-unsaturated/α-hetero) is 1. The molecule has 0 radical (unpaired) electrons. The number of nitrogens with zero attached hydrogens (tertiary/aromatic N) is 2. The first-order valence-electron chi connectivity index (χ1n) is 5.47. The Kier molecular flexibility index (Phi) is 3.23. The fourth-order valence-corrected chi connectivity index (χ4v) is 1.73. The average molecular weight is 250 g/mol. The molecule has 1 aromatic heterocycles. The second-order valence-corrected chi connectivity index (χ2v) is 4.16. The molecule has 0 atom stereocenters. The Hall–Kier alpha value is -2.04. The van der Waals surface area contributed by atoms with Crippen molar-refractivity contribution in [3.8, 4) is 5.69 Å². The van der Waals surface area contributed by atoms with Crippen molar-refractivity contribution in [2.45, 2.75) is 20.3 Å². The number of benzene rings is 1. The van der Waals surface area contributed by atoms with Gasteiger partial charge in [-0.1, -0.05) is 0 Å². The van der Waals surface area contributed by atoms with Crippen molar-refractivity contribution in [1.29, 1.82) is 0 Å². The molecule has 5 heteroatoms. The van der Waals surface area contributed by atoms with Crippen molar-refractivity contribution in [2.24, 2.45) is 0 Å². The van der Waals surface area contributed by atoms with E-state index in [-0.39, 0.29) is 17.9 Å². The summed E-state index contributed by atoms with van der Waals surface area (Å²) in [7, 11) is 0. The Morgan fingerprint density at radius 3 is 2.72 bits per heavy atom. The van der Waals surface area contributed by atoms with Gasteiger partial charge in [0.25, 0.3) is 0 Å². The van der Waals surface area contributed by atoms with Crippen molar-refractivity contribution >= 4 is 5.78 Å². The molecule has 0 spiro atoms. The highest BCUT2D eigenvalue weighted by Gasteiger charge is 2.11. The quantitative estimate of drug-likeness (QED) is 0.839. The molecule has 0 bridgehead atoms. The van der Waals surface area contributed by atoms with E-state index in [4.69, 9.17) is 0 Å². The Morgan fingerprint density at radius 2 is 2.11 bits per heavy atom. The Labute approximate surface area is 103 Å². The van der Waals surface area contributed by atoms with Gasteiger partial charge in [-0.3, -0.25) is 4.79 Å². The number of carbonyl (C=O) groups is 1. The number of ketones is 1. The summed E-state index contributed by atoms with van der Waals surface area (Å²) in [6.45, 7) is 3.23. The Morgan fingerprint density at radius 1 is 1.39 bits per heavy atom. The van der Waals surface area contributed by atoms with Crippen LogP contribution < -0.4 is 0 Å². The van der Waals surface area contributed by atoms with E-state index in [1.165, 1.54) is 23.7 Å². The van der Waals surface area contributed by atoms with Gasteiger partial charge in [-0.05, 0) is 26.0 Å². The number of halogens is 2. The maximum Gasteiger partial charge on any atom is 0.151 e. The Bertz CT molecular complexity index is 605. The summed E-state index contributed by atoms with van der Waals surface area (Å²) < 4.78 is 27.7. The van der Waals surface area contributed by atoms with Crippen molar-refractivity contribution in [2.75, 3.05) is 0 Å². The molecular formula is C13H12F2N2O. The molecule has 0 saturated heterocycles. The minimum atomic E-state index is -0.688. The van der Waals surface area contributed by atoms with Gasteiger partial charge in [0.1, 0.15) is 17.3 Å². The Balaban J connectivity index is 2.42. The van der Waals surface area contributed by atoms with Crippen LogP contribution in [-0.4, -0.2) is 15.6 Å². The maximum atomic E-state index is 13.6. The van der Waals surface area contributed by atoms with Crippen molar-refractivity contribution in [3.05, 3.63) is 47.3 Å². The lowest BCUT2D eigenvalue weighted by atomic mass is 10.1. The van der Waals surface area contributed by atoms with Crippen molar-refractivity contribution in [1.82, 2.24) is 9.78 Å². The number of hydrogen-bond acceptors (Lipinski definition) is 2. The molecular weight excluding hydrogens is 238 g/mol. The molecule has 2 rings (SSSR count). The van der Waals surface area contributed by atoms with Gasteiger partial charge in [0.2, 0.25) is 0 Å². The van der Waals surface area contributed by atoms with E-state index in [2.05, 4.69) is 5.10 Å². The summed E-state index contributed by atoms with van der Waals surface area (Å²) in [5, 5.41) is 4.13. The minimum absolute atomic E-state index is 0.0113. The molecule has 3 nitrogen and oxygen atoms in total. The monoisotopic (exact) mass is 250 g/mol. The first-order valence-corrected chi connectivity index (χ1v) is 5.47. The summed E-state index contributed by atoms with van der Waals surface area (Å²) in [6, 6.07) is 3.28. The molecule has 2 aromatic rings. The van der Waals surface area contributed by atoms with E-state index in [1.54, 1.807) is 13.1 Å². The minimum Gasteiger partial charge on any atom is -0.300 e. The lowest BCUT2D eigenvalue weighted by Gasteiger charge is -2.02. The van der Waals surface area contributed by atoms with Crippen LogP contribution in [0.1, 0.15) is 18.2 Å². The number of hydrogen-bond donors (Lipinski definition) is 0. The topological polar surface area (TPSA) is 34.9 Å². The van der Waals surface area contributed by atoms with Gasteiger partial charge in [-0.15, -0.1) is 0 Å². The molecule has 0 amide bonds. The van der Waals surface area contributed by atoms with E-state index in [1.807, 2.05) is 0 Å². The van der Waals surface area contributed by atoms with E-state index in [9.17, 15) is 13.6 Å². The van der Waals surface area contributed by atoms with E-state index < -0.39 is 11.6 Å². The zero-order chi connectivity index (χ0) is 13.3. The summed E-state index contributed by atoms with van der Waals surface area (Å²) in [5.41, 5.74) is 1.56. The molecule has 0 aliphatic heterocycles. The summed E-state index contributed by atoms with van der Waals surface area (Å²) in [5.74, 6) is -1.31. The van der Waals surface area contributed by atoms with Gasteiger partial charge in [-0.25, -0.2) is 13.5 Å². The maximum absolute atomic E-state index is 13.6. The lowest BCUT2D eigenvalue weighted by molar-refractivity contribution is -0.116. The van der Waals surface area contributed by atoms with Gasteiger partial charge >= 0.3 is 0 Å². The van der Waals surface area contributed by atoms with Crippen LogP contribution in [0.2, 0.25) is 0 Å². The van der Waals surface area contributed by atoms with Crippen molar-refractivity contribution in [3.63, 3.8) is 0 Å². The molecule has 1 heterocycles. The van der Waals surface area contributed by atoms with Crippen LogP contribution in [-0.2, 0) is 11.2 Å². The van der Waals surface area contributed by atoms with Crippen LogP contribution in [0.4, 0.5) is 8.78 Å². The average Bonchev–Trinajstić information content (AvgIpc) is 2.59. The SMILES string of the molecule is CC(=O)Cc1cn(-c2ccc(F)cc2F)nc1C. The number of aromatic nitrogens is 2. The van der Waals surface area contributed by atoms with E-state index in [0.29, 0.717) is 5.69 Å². The molecule has 94 valence electrons. The van der Waals surface area contributed by atoms with Gasteiger partial charge in [0, 0.05) is 24.2 Å². The second-order valence-electron chi connectivity index (χ2n) is 4.16. The smallest absolute Gasteiger partial charge is 0.151 e. The number of aryl methyl sites for hydroxylation is 1. The number of carbonyl (C=O) groups excluding carboxylic acids is 1. The largest absolute Gasteiger partial charge is 0.300 e. The molecule has 0 aliphatic carbocycles. The van der Waals surface area contributed by atoms with Crippen molar-refractivity contribution < 1.29 is 13.6 Å². The first kappa shape index (κ1) is 12.4. The second kappa shape index (κ2) is 4.68. The van der Waals surface area contributed by atoms with Crippen LogP contribution in [0.25, 0.3) is 5.69 Å². The third-order valence-electron chi connectivity index (χ3n) is 2.60. The first-order chi connectivity index (χ1) is 8.47. The predicted molar refractivity (Wildman–Crippen MR) is 62.6 cm³/mol. The lowest BCUT2D eigenvalue weighted by Crippen LogP contribution is -1.99. The third-order valence-corrected chi connectivity index (χ3v) is 2.60.